The van der Waals surface area contributed by atoms with E-state index in [2.05, 4.69) is 203 Å². The van der Waals surface area contributed by atoms with Crippen LogP contribution in [0, 0.1) is 7.43 Å². The second kappa shape index (κ2) is 12.4. The lowest BCUT2D eigenvalue weighted by Gasteiger charge is -2.11. The zero-order valence-corrected chi connectivity index (χ0v) is 28.4. The van der Waals surface area contributed by atoms with E-state index in [0.717, 1.165) is 11.4 Å². The predicted octanol–water partition coefficient (Wildman–Crippen LogP) is 13.3. The molecule has 10 aromatic rings. The minimum atomic E-state index is 0. The standard InChI is InChI=1S/C48H32N2.CH3/c1-3-13-33(14-4-1)35-17-11-19-39(29-35)49-45-23-9-7-21-41(45)43-31-37(25-27-47(43)49)38-26-28-48-44(32-38)42-22-8-10-24-46(42)50(48)40-20-12-18-36(30-40)34-15-5-2-6-16-34;/h1-32H;1H3/q;-1. The van der Waals surface area contributed by atoms with Crippen LogP contribution < -0.4 is 0 Å². The summed E-state index contributed by atoms with van der Waals surface area (Å²) in [6.07, 6.45) is 0. The lowest BCUT2D eigenvalue weighted by Crippen LogP contribution is -1.94. The Morgan fingerprint density at radius 1 is 0.235 bits per heavy atom. The summed E-state index contributed by atoms with van der Waals surface area (Å²) < 4.78 is 4.81. The van der Waals surface area contributed by atoms with Crippen molar-refractivity contribution in [2.24, 2.45) is 0 Å². The van der Waals surface area contributed by atoms with E-state index < -0.39 is 0 Å². The molecule has 10 rings (SSSR count). The third-order valence-electron chi connectivity index (χ3n) is 10.1. The molecule has 0 amide bonds. The molecule has 2 nitrogen and oxygen atoms in total. The van der Waals surface area contributed by atoms with Gasteiger partial charge in [-0.15, -0.1) is 0 Å². The first-order valence-corrected chi connectivity index (χ1v) is 17.2. The summed E-state index contributed by atoms with van der Waals surface area (Å²) >= 11 is 0. The van der Waals surface area contributed by atoms with Crippen LogP contribution >= 0.6 is 0 Å². The van der Waals surface area contributed by atoms with Gasteiger partial charge in [0.15, 0.2) is 0 Å². The van der Waals surface area contributed by atoms with E-state index in [-0.39, 0.29) is 7.43 Å². The molecule has 0 unspecified atom stereocenters. The van der Waals surface area contributed by atoms with Crippen LogP contribution in [0.4, 0.5) is 0 Å². The first kappa shape index (κ1) is 30.4. The van der Waals surface area contributed by atoms with Gasteiger partial charge in [0.2, 0.25) is 0 Å². The van der Waals surface area contributed by atoms with Crippen LogP contribution in [0.3, 0.4) is 0 Å². The van der Waals surface area contributed by atoms with Crippen molar-refractivity contribution in [3.63, 3.8) is 0 Å². The molecule has 2 heteroatoms. The van der Waals surface area contributed by atoms with Gasteiger partial charge >= 0.3 is 0 Å². The molecule has 0 radical (unpaired) electrons. The fourth-order valence-corrected chi connectivity index (χ4v) is 7.77. The Labute approximate surface area is 298 Å². The molecule has 242 valence electrons. The van der Waals surface area contributed by atoms with Gasteiger partial charge in [-0.1, -0.05) is 133 Å². The highest BCUT2D eigenvalue weighted by Crippen LogP contribution is 2.39. The van der Waals surface area contributed by atoms with Crippen molar-refractivity contribution in [3.8, 4) is 44.8 Å². The molecule has 51 heavy (non-hydrogen) atoms. The van der Waals surface area contributed by atoms with Crippen molar-refractivity contribution >= 4 is 43.6 Å². The van der Waals surface area contributed by atoms with Crippen LogP contribution in [-0.2, 0) is 0 Å². The molecule has 2 heterocycles. The number of fused-ring (bicyclic) bond motifs is 6. The van der Waals surface area contributed by atoms with Crippen LogP contribution in [0.15, 0.2) is 194 Å². The van der Waals surface area contributed by atoms with Crippen LogP contribution in [0.1, 0.15) is 0 Å². The molecule has 0 aliphatic carbocycles. The maximum Gasteiger partial charge on any atom is 0.0541 e. The molecule has 2 aromatic heterocycles. The Hall–Kier alpha value is -6.64. The highest BCUT2D eigenvalue weighted by Gasteiger charge is 2.16. The van der Waals surface area contributed by atoms with E-state index in [9.17, 15) is 0 Å². The van der Waals surface area contributed by atoms with Crippen molar-refractivity contribution in [3.05, 3.63) is 202 Å². The monoisotopic (exact) mass is 651 g/mol. The SMILES string of the molecule is [CH3-].c1ccc(-c2cccc(-n3c4ccccc4c4cc(-c5ccc6c(c5)c5ccccc5n6-c5cccc(-c6ccccc6)c5)ccc43)c2)cc1. The van der Waals surface area contributed by atoms with Gasteiger partial charge in [0.1, 0.15) is 0 Å². The average Bonchev–Trinajstić information content (AvgIpc) is 3.71. The minimum absolute atomic E-state index is 0. The first-order chi connectivity index (χ1) is 24.8. The van der Waals surface area contributed by atoms with E-state index in [1.54, 1.807) is 0 Å². The third-order valence-corrected chi connectivity index (χ3v) is 10.1. The van der Waals surface area contributed by atoms with E-state index in [0.29, 0.717) is 0 Å². The van der Waals surface area contributed by atoms with Gasteiger partial charge in [0.05, 0.1) is 22.1 Å². The largest absolute Gasteiger partial charge is 0.358 e. The average molecular weight is 652 g/mol. The number of para-hydroxylation sites is 2. The fourth-order valence-electron chi connectivity index (χ4n) is 7.77. The number of hydrogen-bond acceptors (Lipinski definition) is 0. The lowest BCUT2D eigenvalue weighted by molar-refractivity contribution is 1.18. The Morgan fingerprint density at radius 2 is 0.588 bits per heavy atom. The van der Waals surface area contributed by atoms with Gasteiger partial charge in [-0.05, 0) is 94.0 Å². The molecule has 0 bridgehead atoms. The van der Waals surface area contributed by atoms with Gasteiger partial charge in [-0.25, -0.2) is 0 Å². The molecule has 0 aliphatic rings. The first-order valence-electron chi connectivity index (χ1n) is 17.2. The normalized spacial score (nSPS) is 11.4. The summed E-state index contributed by atoms with van der Waals surface area (Å²) in [6.45, 7) is 0. The predicted molar refractivity (Wildman–Crippen MR) is 218 cm³/mol. The highest BCUT2D eigenvalue weighted by molar-refractivity contribution is 6.12. The van der Waals surface area contributed by atoms with E-state index in [4.69, 9.17) is 0 Å². The van der Waals surface area contributed by atoms with Crippen molar-refractivity contribution in [2.75, 3.05) is 0 Å². The van der Waals surface area contributed by atoms with Gasteiger partial charge in [-0.2, -0.15) is 0 Å². The second-order valence-electron chi connectivity index (χ2n) is 13.0. The van der Waals surface area contributed by atoms with Gasteiger partial charge in [0, 0.05) is 32.9 Å². The Kier molecular flexibility index (Phi) is 7.37. The smallest absolute Gasteiger partial charge is 0.0541 e. The molecule has 0 saturated heterocycles. The number of benzene rings is 8. The molecular formula is C49H35N2-. The van der Waals surface area contributed by atoms with Crippen molar-refractivity contribution in [1.29, 1.82) is 0 Å². The van der Waals surface area contributed by atoms with Gasteiger partial charge in [-0.3, -0.25) is 0 Å². The third kappa shape index (κ3) is 5.04. The maximum atomic E-state index is 2.40. The van der Waals surface area contributed by atoms with Gasteiger partial charge in [0.25, 0.3) is 0 Å². The number of rotatable bonds is 5. The molecule has 0 atom stereocenters. The summed E-state index contributed by atoms with van der Waals surface area (Å²) in [7, 11) is 0. The number of nitrogens with zero attached hydrogens (tertiary/aromatic N) is 2. The van der Waals surface area contributed by atoms with Crippen LogP contribution in [-0.4, -0.2) is 9.13 Å². The van der Waals surface area contributed by atoms with Gasteiger partial charge < -0.3 is 16.6 Å². The summed E-state index contributed by atoms with van der Waals surface area (Å²) in [5, 5.41) is 5.02. The van der Waals surface area contributed by atoms with Crippen molar-refractivity contribution in [2.45, 2.75) is 0 Å². The Bertz CT molecular complexity index is 2660. The van der Waals surface area contributed by atoms with Crippen molar-refractivity contribution < 1.29 is 0 Å². The molecule has 0 N–H and O–H groups in total. The molecular weight excluding hydrogens is 617 g/mol. The van der Waals surface area contributed by atoms with Crippen LogP contribution in [0.25, 0.3) is 88.4 Å². The highest BCUT2D eigenvalue weighted by atomic mass is 15.0. The molecule has 0 saturated carbocycles. The number of hydrogen-bond donors (Lipinski definition) is 0. The molecule has 0 fully saturated rings. The zero-order valence-electron chi connectivity index (χ0n) is 28.4. The summed E-state index contributed by atoms with van der Waals surface area (Å²) in [5.41, 5.74) is 14.4. The van der Waals surface area contributed by atoms with E-state index in [1.807, 2.05) is 0 Å². The quantitative estimate of drug-likeness (QED) is 0.164. The minimum Gasteiger partial charge on any atom is -0.358 e. The second-order valence-corrected chi connectivity index (χ2v) is 13.0. The summed E-state index contributed by atoms with van der Waals surface area (Å²) in [6, 6.07) is 70.4. The molecule has 0 aliphatic heterocycles. The number of aromatic nitrogens is 2. The molecule has 0 spiro atoms. The fraction of sp³-hybridized carbons (Fsp3) is 0. The van der Waals surface area contributed by atoms with E-state index >= 15 is 0 Å². The zero-order chi connectivity index (χ0) is 33.0. The van der Waals surface area contributed by atoms with E-state index in [1.165, 1.54) is 77.0 Å². The van der Waals surface area contributed by atoms with Crippen molar-refractivity contribution in [1.82, 2.24) is 9.13 Å². The topological polar surface area (TPSA) is 9.86 Å². The van der Waals surface area contributed by atoms with Crippen LogP contribution in [0.2, 0.25) is 0 Å². The molecule has 8 aromatic carbocycles. The van der Waals surface area contributed by atoms with Crippen LogP contribution in [0.5, 0.6) is 0 Å². The summed E-state index contributed by atoms with van der Waals surface area (Å²) in [5.74, 6) is 0. The maximum absolute atomic E-state index is 2.40. The summed E-state index contributed by atoms with van der Waals surface area (Å²) in [4.78, 5) is 0. The Morgan fingerprint density at radius 3 is 1.04 bits per heavy atom. The Balaban J connectivity index is 0.00000348. The lowest BCUT2D eigenvalue weighted by atomic mass is 10.0.